The largest absolute Gasteiger partial charge is 0.352 e. The van der Waals surface area contributed by atoms with Crippen molar-refractivity contribution in [3.05, 3.63) is 35.4 Å². The summed E-state index contributed by atoms with van der Waals surface area (Å²) in [4.78, 5) is 23.7. The van der Waals surface area contributed by atoms with Gasteiger partial charge in [-0.2, -0.15) is 0 Å². The minimum Gasteiger partial charge on any atom is -0.352 e. The van der Waals surface area contributed by atoms with Crippen molar-refractivity contribution in [1.82, 2.24) is 16.0 Å². The SMILES string of the molecule is CCNC(=O)c1cccc(CNC(=O)CCC2CCNC2)c1. The Hall–Kier alpha value is -1.88. The summed E-state index contributed by atoms with van der Waals surface area (Å²) in [6.45, 7) is 5.06. The molecule has 1 aliphatic heterocycles. The number of benzene rings is 1. The first kappa shape index (κ1) is 16.5. The highest BCUT2D eigenvalue weighted by Crippen LogP contribution is 2.14. The number of amides is 2. The standard InChI is InChI=1S/C17H25N3O2/c1-2-19-17(22)15-5-3-4-14(10-15)12-20-16(21)7-6-13-8-9-18-11-13/h3-5,10,13,18H,2,6-9,11-12H2,1H3,(H,19,22)(H,20,21). The van der Waals surface area contributed by atoms with Gasteiger partial charge in [-0.15, -0.1) is 0 Å². The van der Waals surface area contributed by atoms with Crippen LogP contribution in [0.15, 0.2) is 24.3 Å². The van der Waals surface area contributed by atoms with Crippen LogP contribution in [-0.4, -0.2) is 31.4 Å². The molecule has 0 bridgehead atoms. The lowest BCUT2D eigenvalue weighted by atomic mass is 10.0. The third kappa shape index (κ3) is 5.15. The number of rotatable bonds is 7. The zero-order valence-corrected chi connectivity index (χ0v) is 13.2. The van der Waals surface area contributed by atoms with Crippen molar-refractivity contribution in [3.8, 4) is 0 Å². The molecule has 5 heteroatoms. The molecule has 1 heterocycles. The van der Waals surface area contributed by atoms with Crippen molar-refractivity contribution in [1.29, 1.82) is 0 Å². The summed E-state index contributed by atoms with van der Waals surface area (Å²) in [7, 11) is 0. The van der Waals surface area contributed by atoms with E-state index in [0.717, 1.165) is 25.1 Å². The van der Waals surface area contributed by atoms with Gasteiger partial charge in [-0.25, -0.2) is 0 Å². The first-order chi connectivity index (χ1) is 10.7. The lowest BCUT2D eigenvalue weighted by molar-refractivity contribution is -0.121. The molecule has 0 spiro atoms. The van der Waals surface area contributed by atoms with E-state index >= 15 is 0 Å². The van der Waals surface area contributed by atoms with E-state index in [-0.39, 0.29) is 11.8 Å². The van der Waals surface area contributed by atoms with Gasteiger partial charge < -0.3 is 16.0 Å². The summed E-state index contributed by atoms with van der Waals surface area (Å²) in [5, 5.41) is 9.01. The number of carbonyl (C=O) groups excluding carboxylic acids is 2. The maximum Gasteiger partial charge on any atom is 0.251 e. The van der Waals surface area contributed by atoms with Crippen LogP contribution in [0, 0.1) is 5.92 Å². The molecule has 120 valence electrons. The highest BCUT2D eigenvalue weighted by Gasteiger charge is 2.15. The maximum absolute atomic E-state index is 11.9. The summed E-state index contributed by atoms with van der Waals surface area (Å²) < 4.78 is 0. The number of hydrogen-bond donors (Lipinski definition) is 3. The summed E-state index contributed by atoms with van der Waals surface area (Å²) in [6, 6.07) is 7.37. The van der Waals surface area contributed by atoms with Crippen LogP contribution in [0.4, 0.5) is 0 Å². The smallest absolute Gasteiger partial charge is 0.251 e. The van der Waals surface area contributed by atoms with E-state index in [1.54, 1.807) is 6.07 Å². The third-order valence-electron chi connectivity index (χ3n) is 3.96. The average Bonchev–Trinajstić information content (AvgIpc) is 3.05. The molecule has 2 rings (SSSR count). The van der Waals surface area contributed by atoms with Crippen LogP contribution in [0.2, 0.25) is 0 Å². The normalized spacial score (nSPS) is 17.2. The first-order valence-electron chi connectivity index (χ1n) is 8.03. The van der Waals surface area contributed by atoms with Crippen molar-refractivity contribution >= 4 is 11.8 Å². The Morgan fingerprint density at radius 2 is 2.18 bits per heavy atom. The second-order valence-corrected chi connectivity index (χ2v) is 5.73. The zero-order valence-electron chi connectivity index (χ0n) is 13.2. The van der Waals surface area contributed by atoms with Crippen molar-refractivity contribution in [2.45, 2.75) is 32.7 Å². The predicted octanol–water partition coefficient (Wildman–Crippen LogP) is 1.44. The number of carbonyl (C=O) groups is 2. The van der Waals surface area contributed by atoms with Crippen LogP contribution >= 0.6 is 0 Å². The Bertz CT molecular complexity index is 510. The van der Waals surface area contributed by atoms with Crippen molar-refractivity contribution < 1.29 is 9.59 Å². The Labute approximate surface area is 131 Å². The van der Waals surface area contributed by atoms with E-state index in [2.05, 4.69) is 16.0 Å². The molecule has 1 atom stereocenters. The molecule has 22 heavy (non-hydrogen) atoms. The lowest BCUT2D eigenvalue weighted by Crippen LogP contribution is -2.25. The van der Waals surface area contributed by atoms with Crippen LogP contribution in [0.3, 0.4) is 0 Å². The molecule has 3 N–H and O–H groups in total. The van der Waals surface area contributed by atoms with Crippen LogP contribution in [-0.2, 0) is 11.3 Å². The molecule has 2 amide bonds. The molecule has 1 saturated heterocycles. The average molecular weight is 303 g/mol. The molecule has 0 saturated carbocycles. The monoisotopic (exact) mass is 303 g/mol. The Morgan fingerprint density at radius 3 is 2.91 bits per heavy atom. The van der Waals surface area contributed by atoms with Crippen molar-refractivity contribution in [2.24, 2.45) is 5.92 Å². The Kier molecular flexibility index (Phi) is 6.40. The molecule has 1 fully saturated rings. The van der Waals surface area contributed by atoms with E-state index in [1.807, 2.05) is 25.1 Å². The van der Waals surface area contributed by atoms with Gasteiger partial charge in [0.25, 0.3) is 5.91 Å². The lowest BCUT2D eigenvalue weighted by Gasteiger charge is -2.09. The van der Waals surface area contributed by atoms with Crippen LogP contribution in [0.1, 0.15) is 42.1 Å². The summed E-state index contributed by atoms with van der Waals surface area (Å²) in [6.07, 6.45) is 2.68. The molecule has 0 aromatic heterocycles. The quantitative estimate of drug-likeness (QED) is 0.714. The van der Waals surface area contributed by atoms with Gasteiger partial charge in [0.15, 0.2) is 0 Å². The minimum atomic E-state index is -0.0793. The molecular formula is C17H25N3O2. The molecule has 0 aliphatic carbocycles. The highest BCUT2D eigenvalue weighted by atomic mass is 16.2. The summed E-state index contributed by atoms with van der Waals surface area (Å²) in [5.41, 5.74) is 1.57. The van der Waals surface area contributed by atoms with E-state index in [9.17, 15) is 9.59 Å². The summed E-state index contributed by atoms with van der Waals surface area (Å²) in [5.74, 6) is 0.631. The molecule has 0 radical (unpaired) electrons. The topological polar surface area (TPSA) is 70.2 Å². The van der Waals surface area contributed by atoms with E-state index in [4.69, 9.17) is 0 Å². The molecule has 5 nitrogen and oxygen atoms in total. The number of nitrogens with one attached hydrogen (secondary N) is 3. The van der Waals surface area contributed by atoms with Gasteiger partial charge in [0.05, 0.1) is 0 Å². The van der Waals surface area contributed by atoms with Gasteiger partial charge in [-0.05, 0) is 56.5 Å². The fourth-order valence-corrected chi connectivity index (χ4v) is 2.67. The first-order valence-corrected chi connectivity index (χ1v) is 8.03. The van der Waals surface area contributed by atoms with Gasteiger partial charge in [0, 0.05) is 25.1 Å². The second kappa shape index (κ2) is 8.54. The Morgan fingerprint density at radius 1 is 1.32 bits per heavy atom. The van der Waals surface area contributed by atoms with Gasteiger partial charge >= 0.3 is 0 Å². The van der Waals surface area contributed by atoms with E-state index in [1.165, 1.54) is 6.42 Å². The Balaban J connectivity index is 1.76. The molecule has 1 aliphatic rings. The second-order valence-electron chi connectivity index (χ2n) is 5.73. The highest BCUT2D eigenvalue weighted by molar-refractivity contribution is 5.94. The van der Waals surface area contributed by atoms with Crippen molar-refractivity contribution in [2.75, 3.05) is 19.6 Å². The zero-order chi connectivity index (χ0) is 15.8. The fraction of sp³-hybridized carbons (Fsp3) is 0.529. The minimum absolute atomic E-state index is 0.0790. The van der Waals surface area contributed by atoms with E-state index < -0.39 is 0 Å². The number of hydrogen-bond acceptors (Lipinski definition) is 3. The fourth-order valence-electron chi connectivity index (χ4n) is 2.67. The van der Waals surface area contributed by atoms with Gasteiger partial charge in [-0.3, -0.25) is 9.59 Å². The van der Waals surface area contributed by atoms with Gasteiger partial charge in [-0.1, -0.05) is 12.1 Å². The third-order valence-corrected chi connectivity index (χ3v) is 3.96. The summed E-state index contributed by atoms with van der Waals surface area (Å²) >= 11 is 0. The molecular weight excluding hydrogens is 278 g/mol. The van der Waals surface area contributed by atoms with Gasteiger partial charge in [0.2, 0.25) is 5.91 Å². The van der Waals surface area contributed by atoms with Crippen molar-refractivity contribution in [3.63, 3.8) is 0 Å². The molecule has 1 aromatic carbocycles. The van der Waals surface area contributed by atoms with Gasteiger partial charge in [0.1, 0.15) is 0 Å². The van der Waals surface area contributed by atoms with Crippen LogP contribution < -0.4 is 16.0 Å². The molecule has 1 unspecified atom stereocenters. The van der Waals surface area contributed by atoms with E-state index in [0.29, 0.717) is 31.0 Å². The molecule has 1 aromatic rings. The predicted molar refractivity (Wildman–Crippen MR) is 86.5 cm³/mol. The maximum atomic E-state index is 11.9. The van der Waals surface area contributed by atoms with Crippen LogP contribution in [0.25, 0.3) is 0 Å². The van der Waals surface area contributed by atoms with Crippen LogP contribution in [0.5, 0.6) is 0 Å².